The molecule has 4 rings (SSSR count). The molecule has 0 aromatic heterocycles. The number of benzene rings is 4. The number of thiocarbonyl (C=S) groups is 1. The fourth-order valence-corrected chi connectivity index (χ4v) is 4.63. The first-order valence-corrected chi connectivity index (χ1v) is 13.6. The number of carbonyl (C=O) groups is 2. The van der Waals surface area contributed by atoms with Crippen LogP contribution in [0, 0.1) is 0 Å². The number of amides is 2. The topological polar surface area (TPSA) is 88.7 Å². The maximum absolute atomic E-state index is 12.5. The summed E-state index contributed by atoms with van der Waals surface area (Å²) in [7, 11) is 0. The molecule has 3 N–H and O–H groups in total. The predicted octanol–water partition coefficient (Wildman–Crippen LogP) is 5.70. The number of hydrogen-bond acceptors (Lipinski definition) is 5. The van der Waals surface area contributed by atoms with Gasteiger partial charge in [0.25, 0.3) is 11.8 Å². The van der Waals surface area contributed by atoms with E-state index >= 15 is 0 Å². The van der Waals surface area contributed by atoms with Crippen LogP contribution in [0.2, 0.25) is 0 Å². The van der Waals surface area contributed by atoms with Crippen molar-refractivity contribution >= 4 is 71.8 Å². The molecule has 0 fully saturated rings. The lowest BCUT2D eigenvalue weighted by atomic mass is 10.1. The Bertz CT molecular complexity index is 1450. The van der Waals surface area contributed by atoms with Gasteiger partial charge in [-0.25, -0.2) is 0 Å². The van der Waals surface area contributed by atoms with Crippen molar-refractivity contribution in [2.45, 2.75) is 6.42 Å². The first kappa shape index (κ1) is 27.6. The Morgan fingerprint density at radius 3 is 2.37 bits per heavy atom. The zero-order valence-corrected chi connectivity index (χ0v) is 24.0. The third kappa shape index (κ3) is 7.77. The van der Waals surface area contributed by atoms with Gasteiger partial charge in [-0.2, -0.15) is 0 Å². The average Bonchev–Trinajstić information content (AvgIpc) is 2.92. The van der Waals surface area contributed by atoms with Gasteiger partial charge in [0.1, 0.15) is 11.5 Å². The van der Waals surface area contributed by atoms with Crippen molar-refractivity contribution in [1.82, 2.24) is 16.2 Å². The highest BCUT2D eigenvalue weighted by atomic mass is 79.9. The van der Waals surface area contributed by atoms with Crippen molar-refractivity contribution in [2.24, 2.45) is 0 Å². The molecule has 0 bridgehead atoms. The second-order valence-corrected chi connectivity index (χ2v) is 10.2. The molecule has 4 aromatic rings. The highest BCUT2D eigenvalue weighted by Crippen LogP contribution is 2.34. The van der Waals surface area contributed by atoms with Gasteiger partial charge in [-0.15, -0.1) is 0 Å². The van der Waals surface area contributed by atoms with Gasteiger partial charge in [0.05, 0.1) is 11.1 Å². The van der Waals surface area contributed by atoms with Crippen molar-refractivity contribution in [1.29, 1.82) is 0 Å². The fourth-order valence-electron chi connectivity index (χ4n) is 3.50. The first-order chi connectivity index (χ1) is 18.4. The highest BCUT2D eigenvalue weighted by Gasteiger charge is 2.11. The third-order valence-electron chi connectivity index (χ3n) is 5.40. The molecule has 2 amide bonds. The fraction of sp³-hybridized carbons (Fsp3) is 0.107. The maximum Gasteiger partial charge on any atom is 0.276 e. The van der Waals surface area contributed by atoms with Gasteiger partial charge in [-0.1, -0.05) is 58.4 Å². The van der Waals surface area contributed by atoms with E-state index in [2.05, 4.69) is 48.0 Å². The number of carbonyl (C=O) groups excluding carboxylic acids is 2. The van der Waals surface area contributed by atoms with E-state index in [0.29, 0.717) is 23.7 Å². The number of fused-ring (bicyclic) bond motifs is 1. The largest absolute Gasteiger partial charge is 0.493 e. The van der Waals surface area contributed by atoms with Crippen LogP contribution in [-0.4, -0.2) is 30.1 Å². The van der Waals surface area contributed by atoms with E-state index < -0.39 is 11.8 Å². The van der Waals surface area contributed by atoms with Crippen molar-refractivity contribution in [3.05, 3.63) is 105 Å². The summed E-state index contributed by atoms with van der Waals surface area (Å²) in [6, 6.07) is 26.3. The Labute approximate surface area is 242 Å². The Balaban J connectivity index is 1.18. The van der Waals surface area contributed by atoms with Crippen LogP contribution < -0.4 is 25.6 Å². The number of ether oxygens (including phenoxy) is 2. The van der Waals surface area contributed by atoms with Crippen LogP contribution in [-0.2, 0) is 11.2 Å². The molecule has 0 unspecified atom stereocenters. The zero-order valence-electron chi connectivity index (χ0n) is 20.0. The van der Waals surface area contributed by atoms with Crippen molar-refractivity contribution in [2.75, 3.05) is 13.2 Å². The van der Waals surface area contributed by atoms with E-state index in [-0.39, 0.29) is 11.7 Å². The van der Waals surface area contributed by atoms with Gasteiger partial charge in [0.2, 0.25) is 0 Å². The molecule has 0 atom stereocenters. The predicted molar refractivity (Wildman–Crippen MR) is 158 cm³/mol. The standard InChI is InChI=1S/C28H23Br2N3O4S/c29-21-9-12-23-20(16-21)8-13-24(26(23)30)37-17-25(34)32-33-28(38)31-27(35)19-6-10-22(11-7-19)36-15-14-18-4-2-1-3-5-18/h1-13,16H,14-15,17H2,(H,32,34)(H2,31,33,35,38). The minimum absolute atomic E-state index is 0.0519. The van der Waals surface area contributed by atoms with Gasteiger partial charge < -0.3 is 9.47 Å². The Morgan fingerprint density at radius 1 is 0.842 bits per heavy atom. The number of nitrogens with one attached hydrogen (secondary N) is 3. The van der Waals surface area contributed by atoms with Crippen molar-refractivity contribution in [3.63, 3.8) is 0 Å². The summed E-state index contributed by atoms with van der Waals surface area (Å²) < 4.78 is 13.1. The van der Waals surface area contributed by atoms with Crippen LogP contribution in [0.1, 0.15) is 15.9 Å². The van der Waals surface area contributed by atoms with Crippen molar-refractivity contribution in [3.8, 4) is 11.5 Å². The summed E-state index contributed by atoms with van der Waals surface area (Å²) in [4.78, 5) is 24.7. The van der Waals surface area contributed by atoms with Gasteiger partial charge in [0.15, 0.2) is 11.7 Å². The highest BCUT2D eigenvalue weighted by molar-refractivity contribution is 9.11. The molecule has 0 saturated carbocycles. The average molecular weight is 657 g/mol. The molecule has 38 heavy (non-hydrogen) atoms. The van der Waals surface area contributed by atoms with Crippen LogP contribution in [0.5, 0.6) is 11.5 Å². The first-order valence-electron chi connectivity index (χ1n) is 11.6. The molecular weight excluding hydrogens is 634 g/mol. The third-order valence-corrected chi connectivity index (χ3v) is 6.92. The van der Waals surface area contributed by atoms with Gasteiger partial charge in [-0.3, -0.25) is 25.8 Å². The molecular formula is C28H23Br2N3O4S. The minimum atomic E-state index is -0.471. The van der Waals surface area contributed by atoms with E-state index in [4.69, 9.17) is 21.7 Å². The van der Waals surface area contributed by atoms with Gasteiger partial charge >= 0.3 is 0 Å². The maximum atomic E-state index is 12.5. The van der Waals surface area contributed by atoms with E-state index in [1.807, 2.05) is 54.6 Å². The molecule has 0 aliphatic rings. The van der Waals surface area contributed by atoms with Crippen LogP contribution in [0.15, 0.2) is 93.9 Å². The number of rotatable bonds is 8. The summed E-state index contributed by atoms with van der Waals surface area (Å²) in [5.41, 5.74) is 6.50. The lowest BCUT2D eigenvalue weighted by Gasteiger charge is -2.13. The van der Waals surface area contributed by atoms with Crippen LogP contribution >= 0.6 is 44.1 Å². The Morgan fingerprint density at radius 2 is 1.61 bits per heavy atom. The lowest BCUT2D eigenvalue weighted by Crippen LogP contribution is -2.49. The van der Waals surface area contributed by atoms with Crippen molar-refractivity contribution < 1.29 is 19.1 Å². The van der Waals surface area contributed by atoms with E-state index in [1.54, 1.807) is 30.3 Å². The summed E-state index contributed by atoms with van der Waals surface area (Å²) in [5, 5.41) is 4.45. The Kier molecular flexibility index (Phi) is 9.69. The summed E-state index contributed by atoms with van der Waals surface area (Å²) in [6.45, 7) is 0.276. The second kappa shape index (κ2) is 13.4. The number of hydrogen-bond donors (Lipinski definition) is 3. The summed E-state index contributed by atoms with van der Waals surface area (Å²) >= 11 is 12.1. The van der Waals surface area contributed by atoms with Crippen LogP contribution in [0.25, 0.3) is 10.8 Å². The van der Waals surface area contributed by atoms with Gasteiger partial charge in [-0.05, 0) is 86.9 Å². The molecule has 10 heteroatoms. The van der Waals surface area contributed by atoms with E-state index in [1.165, 1.54) is 5.56 Å². The van der Waals surface area contributed by atoms with Gasteiger partial charge in [0, 0.05) is 16.5 Å². The molecule has 0 heterocycles. The summed E-state index contributed by atoms with van der Waals surface area (Å²) in [6.07, 6.45) is 0.789. The van der Waals surface area contributed by atoms with Crippen LogP contribution in [0.3, 0.4) is 0 Å². The molecule has 0 saturated heterocycles. The molecule has 0 spiro atoms. The molecule has 0 aliphatic carbocycles. The second-order valence-electron chi connectivity index (χ2n) is 8.10. The smallest absolute Gasteiger partial charge is 0.276 e. The SMILES string of the molecule is O=C(COc1ccc2cc(Br)ccc2c1Br)NNC(=S)NC(=O)c1ccc(OCCc2ccccc2)cc1. The zero-order chi connectivity index (χ0) is 26.9. The molecule has 194 valence electrons. The quantitative estimate of drug-likeness (QED) is 0.167. The van der Waals surface area contributed by atoms with E-state index in [0.717, 1.165) is 26.1 Å². The molecule has 0 radical (unpaired) electrons. The number of halogens is 2. The Hall–Kier alpha value is -3.47. The lowest BCUT2D eigenvalue weighted by molar-refractivity contribution is -0.123. The summed E-state index contributed by atoms with van der Waals surface area (Å²) in [5.74, 6) is 0.298. The van der Waals surface area contributed by atoms with E-state index in [9.17, 15) is 9.59 Å². The monoisotopic (exact) mass is 655 g/mol. The molecule has 7 nitrogen and oxygen atoms in total. The molecule has 0 aliphatic heterocycles. The number of hydrazine groups is 1. The minimum Gasteiger partial charge on any atom is -0.493 e. The van der Waals surface area contributed by atoms with Crippen LogP contribution in [0.4, 0.5) is 0 Å². The normalized spacial score (nSPS) is 10.5. The molecule has 4 aromatic carbocycles.